The van der Waals surface area contributed by atoms with Gasteiger partial charge in [0.2, 0.25) is 0 Å². The van der Waals surface area contributed by atoms with Crippen LogP contribution >= 0.6 is 0 Å². The van der Waals surface area contributed by atoms with Crippen LogP contribution in [-0.4, -0.2) is 88.2 Å². The molecule has 4 N–H and O–H groups in total. The molecule has 0 aromatic heterocycles. The van der Waals surface area contributed by atoms with Gasteiger partial charge in [0.1, 0.15) is 12.2 Å². The Labute approximate surface area is 412 Å². The Morgan fingerprint density at radius 1 is 0.855 bits per heavy atom. The lowest BCUT2D eigenvalue weighted by atomic mass is 9.42. The van der Waals surface area contributed by atoms with Crippen LogP contribution in [0.4, 0.5) is 0 Å². The van der Waals surface area contributed by atoms with E-state index >= 15 is 0 Å². The number of hydrogen-bond donors (Lipinski definition) is 4. The molecular weight excluding hydrogens is 893 g/mol. The van der Waals surface area contributed by atoms with E-state index in [0.717, 1.165) is 69.8 Å². The number of aliphatic hydroxyl groups excluding tert-OH is 2. The van der Waals surface area contributed by atoms with Crippen LogP contribution in [0.15, 0.2) is 23.3 Å². The summed E-state index contributed by atoms with van der Waals surface area (Å²) < 4.78 is 61.8. The first-order chi connectivity index (χ1) is 32.0. The van der Waals surface area contributed by atoms with Crippen molar-refractivity contribution in [3.63, 3.8) is 0 Å². The summed E-state index contributed by atoms with van der Waals surface area (Å²) in [4.78, 5) is 13.1. The third kappa shape index (κ3) is 6.89. The first-order valence-corrected chi connectivity index (χ1v) is 28.5. The lowest BCUT2D eigenvalue weighted by Crippen LogP contribution is -2.76. The molecule has 384 valence electrons. The predicted octanol–water partition coefficient (Wildman–Crippen LogP) is 9.51. The van der Waals surface area contributed by atoms with E-state index in [4.69, 9.17) is 18.4 Å². The Hall–Kier alpha value is -1.74. The van der Waals surface area contributed by atoms with Crippen LogP contribution in [0.3, 0.4) is 0 Å². The highest BCUT2D eigenvalue weighted by Gasteiger charge is 2.74. The van der Waals surface area contributed by atoms with Crippen LogP contribution in [0.5, 0.6) is 0 Å². The highest BCUT2D eigenvalue weighted by molar-refractivity contribution is 7.80. The molecule has 4 aliphatic heterocycles. The summed E-state index contributed by atoms with van der Waals surface area (Å²) in [7, 11) is -4.81. The number of ketones is 1. The smallest absolute Gasteiger partial charge is 0.387 e. The van der Waals surface area contributed by atoms with Gasteiger partial charge in [-0.3, -0.25) is 9.35 Å². The minimum Gasteiger partial charge on any atom is -0.387 e. The lowest BCUT2D eigenvalue weighted by Gasteiger charge is -2.69. The fraction of sp³-hybridized carbons (Fsp3) is 0.842. The van der Waals surface area contributed by atoms with Crippen molar-refractivity contribution < 1.29 is 51.5 Å². The number of rotatable bonds is 8. The molecule has 4 heterocycles. The second-order valence-corrected chi connectivity index (χ2v) is 28.5. The van der Waals surface area contributed by atoms with Gasteiger partial charge in [-0.2, -0.15) is 8.42 Å². The van der Waals surface area contributed by atoms with Crippen molar-refractivity contribution in [1.82, 2.24) is 0 Å². The second-order valence-electron chi connectivity index (χ2n) is 27.4. The van der Waals surface area contributed by atoms with Gasteiger partial charge in [-0.1, -0.05) is 64.8 Å². The van der Waals surface area contributed by atoms with E-state index in [0.29, 0.717) is 42.4 Å². The summed E-state index contributed by atoms with van der Waals surface area (Å²) in [5.74, 6) is 0.382. The third-order valence-corrected chi connectivity index (χ3v) is 23.7. The topological polar surface area (TPSA) is 169 Å². The van der Waals surface area contributed by atoms with Gasteiger partial charge in [0.25, 0.3) is 0 Å². The molecule has 12 heteroatoms. The highest BCUT2D eigenvalue weighted by Crippen LogP contribution is 2.72. The molecule has 18 atom stereocenters. The van der Waals surface area contributed by atoms with Gasteiger partial charge >= 0.3 is 10.4 Å². The highest BCUT2D eigenvalue weighted by atomic mass is 32.3. The van der Waals surface area contributed by atoms with Gasteiger partial charge in [0.15, 0.2) is 11.6 Å². The van der Waals surface area contributed by atoms with Crippen LogP contribution in [0, 0.1) is 63.1 Å². The number of hydrogen-bond acceptors (Lipinski definition) is 10. The fourth-order valence-corrected chi connectivity index (χ4v) is 20.3. The summed E-state index contributed by atoms with van der Waals surface area (Å²) in [5.41, 5.74) is 4.73. The summed E-state index contributed by atoms with van der Waals surface area (Å²) in [6.07, 6.45) is 10.4. The number of ether oxygens (including phenoxy) is 3. The normalized spacial score (nSPS) is 47.6. The van der Waals surface area contributed by atoms with E-state index in [2.05, 4.69) is 60.6 Å². The van der Waals surface area contributed by atoms with Crippen molar-refractivity contribution in [2.45, 2.75) is 231 Å². The average molecular weight is 977 g/mol. The first-order valence-electron chi connectivity index (χ1n) is 27.2. The quantitative estimate of drug-likeness (QED) is 0.145. The van der Waals surface area contributed by atoms with Crippen LogP contribution in [-0.2, 0) is 51.8 Å². The van der Waals surface area contributed by atoms with Crippen molar-refractivity contribution >= 4 is 16.2 Å². The molecule has 1 spiro atoms. The number of carbonyl (C=O) groups excluding carboxylic acids is 1. The monoisotopic (exact) mass is 977 g/mol. The first kappa shape index (κ1) is 49.5. The number of aliphatic hydroxyl groups is 3. The van der Waals surface area contributed by atoms with Crippen molar-refractivity contribution in [3.05, 3.63) is 45.5 Å². The molecule has 4 saturated heterocycles. The van der Waals surface area contributed by atoms with Crippen molar-refractivity contribution in [1.29, 1.82) is 0 Å². The Kier molecular flexibility index (Phi) is 11.2. The maximum Gasteiger partial charge on any atom is 0.397 e. The van der Waals surface area contributed by atoms with Crippen LogP contribution in [0.2, 0.25) is 0 Å². The molecule has 4 bridgehead atoms. The minimum atomic E-state index is -4.81. The maximum atomic E-state index is 13.1. The Bertz CT molecular complexity index is 2440. The van der Waals surface area contributed by atoms with E-state index in [1.165, 1.54) is 40.7 Å². The molecule has 12 rings (SSSR count). The molecule has 0 radical (unpaired) electrons. The largest absolute Gasteiger partial charge is 0.397 e. The zero-order valence-electron chi connectivity index (χ0n) is 43.5. The lowest BCUT2D eigenvalue weighted by molar-refractivity contribution is -0.408. The predicted molar refractivity (Wildman–Crippen MR) is 261 cm³/mol. The molecule has 0 amide bonds. The standard InChI is InChI=1S/C57H84O11S/c1-30(37-15-17-40-34-13-14-39-35(33(34)20-22-53(37,40)9)25-43(58)49(60)50(39,3)4)12-19-47-55(11)27-32(52(7,8)68-55)24-44(66-47)31(2)38-16-18-41-36-26-45(67-69(62,63)64)48-51(5,6)57(61)46(59)28-56(48,29-65-57)42(36)21-23-54(38,41)10/h13-14,30-32,37-38,40-41,43-48,58-59,61H,12,15-29H2,1-11H3,(H,62,63,64)/t30-,31+,32-,37-,38-,40?,41?,43+,44-,45+,46+,47+,48?,53-,54-,55-,56+,57+/m1/s1. The van der Waals surface area contributed by atoms with E-state index < -0.39 is 56.7 Å². The van der Waals surface area contributed by atoms with E-state index in [-0.39, 0.29) is 64.9 Å². The molecular formula is C57H84O11S. The Morgan fingerprint density at radius 2 is 1.54 bits per heavy atom. The maximum absolute atomic E-state index is 13.1. The van der Waals surface area contributed by atoms with Crippen LogP contribution in [0.25, 0.3) is 0 Å². The molecule has 69 heavy (non-hydrogen) atoms. The molecule has 11 aliphatic rings. The molecule has 1 aromatic rings. The van der Waals surface area contributed by atoms with Crippen molar-refractivity contribution in [2.75, 3.05) is 6.61 Å². The van der Waals surface area contributed by atoms with Gasteiger partial charge in [0, 0.05) is 23.2 Å². The molecule has 7 aliphatic carbocycles. The fourth-order valence-electron chi connectivity index (χ4n) is 19.8. The van der Waals surface area contributed by atoms with E-state index in [1.54, 1.807) is 0 Å². The summed E-state index contributed by atoms with van der Waals surface area (Å²) in [5, 5.41) is 34.1. The molecule has 11 nitrogen and oxygen atoms in total. The van der Waals surface area contributed by atoms with Gasteiger partial charge in [-0.15, -0.1) is 0 Å². The molecule has 7 fully saturated rings. The summed E-state index contributed by atoms with van der Waals surface area (Å²) in [6.45, 7) is 24.6. The summed E-state index contributed by atoms with van der Waals surface area (Å²) >= 11 is 0. The van der Waals surface area contributed by atoms with Gasteiger partial charge in [0.05, 0.1) is 41.5 Å². The second kappa shape index (κ2) is 15.7. The van der Waals surface area contributed by atoms with Crippen molar-refractivity contribution in [3.8, 4) is 0 Å². The molecule has 3 unspecified atom stereocenters. The third-order valence-electron chi connectivity index (χ3n) is 23.2. The molecule has 1 aromatic carbocycles. The SMILES string of the molecule is C[C@@H]([C@H]1CCC2C3=C(CC[C@@]21C)[C@@]12CO[C@@](O)([C@@H](O)C1)C(C)(C)C2[C@@H](OS(=O)(=O)O)C3)[C@H]1C[C@@H]2C[C@@](C)(OC2(C)C)[C@H](CC[C@@H](C)[C@H]2CCC3c4ccc5c(c4CC[C@@]32C)C[C@H](O)C(=O)C5(C)C)O1. The van der Waals surface area contributed by atoms with Crippen LogP contribution < -0.4 is 0 Å². The van der Waals surface area contributed by atoms with Crippen LogP contribution in [0.1, 0.15) is 188 Å². The average Bonchev–Trinajstić information content (AvgIpc) is 3.84. The van der Waals surface area contributed by atoms with Crippen molar-refractivity contribution in [2.24, 2.45) is 63.1 Å². The number of benzene rings is 1. The van der Waals surface area contributed by atoms with E-state index in [1.807, 2.05) is 27.7 Å². The number of carbonyl (C=O) groups is 1. The molecule has 3 saturated carbocycles. The zero-order valence-corrected chi connectivity index (χ0v) is 44.3. The van der Waals surface area contributed by atoms with Gasteiger partial charge in [-0.25, -0.2) is 4.18 Å². The minimum absolute atomic E-state index is 0.0373. The number of fused-ring (bicyclic) bond motifs is 11. The Morgan fingerprint density at radius 3 is 2.25 bits per heavy atom. The van der Waals surface area contributed by atoms with Gasteiger partial charge < -0.3 is 29.5 Å². The number of Topliss-reactive ketones (excluding diaryl/α,β-unsaturated/α-hetero) is 1. The van der Waals surface area contributed by atoms with Gasteiger partial charge in [-0.05, 0) is 199 Å². The Balaban J connectivity index is 0.833. The summed E-state index contributed by atoms with van der Waals surface area (Å²) in [6, 6.07) is 4.56. The zero-order chi connectivity index (χ0) is 49.6. The van der Waals surface area contributed by atoms with E-state index in [9.17, 15) is 33.1 Å².